The van der Waals surface area contributed by atoms with Crippen LogP contribution >= 0.6 is 0 Å². The van der Waals surface area contributed by atoms with Gasteiger partial charge in [-0.15, -0.1) is 0 Å². The van der Waals surface area contributed by atoms with Gasteiger partial charge in [0.25, 0.3) is 5.91 Å². The first kappa shape index (κ1) is 16.9. The van der Waals surface area contributed by atoms with E-state index < -0.39 is 11.7 Å². The number of hydrogen-bond acceptors (Lipinski definition) is 4. The van der Waals surface area contributed by atoms with E-state index >= 15 is 0 Å². The molecule has 5 nitrogen and oxygen atoms in total. The number of rotatable bonds is 2. The zero-order valence-electron chi connectivity index (χ0n) is 14.8. The van der Waals surface area contributed by atoms with Crippen LogP contribution in [0.15, 0.2) is 24.3 Å². The summed E-state index contributed by atoms with van der Waals surface area (Å²) in [6.45, 7) is 4.11. The molecule has 1 amide bonds. The van der Waals surface area contributed by atoms with Crippen molar-refractivity contribution in [3.63, 3.8) is 0 Å². The number of likely N-dealkylation sites (tertiary alicyclic amines) is 1. The van der Waals surface area contributed by atoms with Crippen LogP contribution in [-0.2, 0) is 4.74 Å². The van der Waals surface area contributed by atoms with Gasteiger partial charge >= 0.3 is 0 Å². The van der Waals surface area contributed by atoms with Crippen LogP contribution in [0.1, 0.15) is 48.9 Å². The van der Waals surface area contributed by atoms with Crippen LogP contribution < -0.4 is 4.90 Å². The zero-order chi connectivity index (χ0) is 17.3. The van der Waals surface area contributed by atoms with Crippen LogP contribution in [0, 0.1) is 0 Å². The second-order valence-corrected chi connectivity index (χ2v) is 7.57. The molecule has 1 N–H and O–H groups in total. The lowest BCUT2D eigenvalue weighted by Crippen LogP contribution is -2.56. The van der Waals surface area contributed by atoms with Gasteiger partial charge < -0.3 is 19.6 Å². The van der Waals surface area contributed by atoms with Gasteiger partial charge in [0.15, 0.2) is 0 Å². The van der Waals surface area contributed by atoms with Crippen LogP contribution in [0.4, 0.5) is 5.69 Å². The number of ether oxygens (including phenoxy) is 1. The molecule has 0 saturated carbocycles. The van der Waals surface area contributed by atoms with Crippen molar-refractivity contribution in [3.8, 4) is 0 Å². The lowest BCUT2D eigenvalue weighted by molar-refractivity contribution is -0.174. The Kier molecular flexibility index (Phi) is 4.69. The molecule has 3 aliphatic rings. The summed E-state index contributed by atoms with van der Waals surface area (Å²) in [5.74, 6) is 0.114. The van der Waals surface area contributed by atoms with Crippen LogP contribution in [-0.4, -0.2) is 60.4 Å². The molecule has 0 bridgehead atoms. The molecule has 0 radical (unpaired) electrons. The largest absolute Gasteiger partial charge is 0.390 e. The van der Waals surface area contributed by atoms with E-state index in [1.807, 2.05) is 23.1 Å². The molecular weight excluding hydrogens is 316 g/mol. The van der Waals surface area contributed by atoms with Crippen LogP contribution in [0.25, 0.3) is 0 Å². The minimum Gasteiger partial charge on any atom is -0.390 e. The molecular formula is C20H28N2O3. The van der Waals surface area contributed by atoms with Crippen molar-refractivity contribution >= 4 is 11.6 Å². The molecule has 5 heteroatoms. The highest BCUT2D eigenvalue weighted by molar-refractivity contribution is 6.00. The van der Waals surface area contributed by atoms with E-state index in [-0.39, 0.29) is 5.91 Å². The van der Waals surface area contributed by atoms with E-state index in [1.165, 1.54) is 12.8 Å². The fraction of sp³-hybridized carbons (Fsp3) is 0.650. The predicted octanol–water partition coefficient (Wildman–Crippen LogP) is 2.43. The van der Waals surface area contributed by atoms with Crippen LogP contribution in [0.3, 0.4) is 0 Å². The van der Waals surface area contributed by atoms with E-state index in [0.29, 0.717) is 13.1 Å². The van der Waals surface area contributed by atoms with Gasteiger partial charge in [-0.05, 0) is 50.7 Å². The Morgan fingerprint density at radius 2 is 1.80 bits per heavy atom. The molecule has 1 aromatic carbocycles. The average Bonchev–Trinajstić information content (AvgIpc) is 3.19. The normalized spacial score (nSPS) is 26.2. The topological polar surface area (TPSA) is 53.0 Å². The molecule has 1 aromatic rings. The van der Waals surface area contributed by atoms with Crippen LogP contribution in [0.2, 0.25) is 0 Å². The van der Waals surface area contributed by atoms with E-state index in [2.05, 4.69) is 11.0 Å². The number of hydrogen-bond donors (Lipinski definition) is 1. The molecule has 3 saturated heterocycles. The highest BCUT2D eigenvalue weighted by atomic mass is 16.5. The highest BCUT2D eigenvalue weighted by Crippen LogP contribution is 2.36. The molecule has 4 rings (SSSR count). The Labute approximate surface area is 149 Å². The lowest BCUT2D eigenvalue weighted by atomic mass is 9.82. The van der Waals surface area contributed by atoms with E-state index in [4.69, 9.17) is 4.74 Å². The first-order valence-corrected chi connectivity index (χ1v) is 9.65. The Bertz CT molecular complexity index is 619. The number of para-hydroxylation sites is 1. The number of amides is 1. The molecule has 0 aliphatic carbocycles. The van der Waals surface area contributed by atoms with Gasteiger partial charge in [0.2, 0.25) is 0 Å². The van der Waals surface area contributed by atoms with Crippen molar-refractivity contribution in [1.82, 2.24) is 4.90 Å². The summed E-state index contributed by atoms with van der Waals surface area (Å²) in [7, 11) is 0. The third kappa shape index (κ3) is 3.15. The molecule has 3 fully saturated rings. The zero-order valence-corrected chi connectivity index (χ0v) is 14.8. The lowest BCUT2D eigenvalue weighted by Gasteiger charge is -2.46. The van der Waals surface area contributed by atoms with Crippen molar-refractivity contribution in [2.24, 2.45) is 0 Å². The SMILES string of the molecule is O=C(c1ccccc1N1CCCC1)N1CCC2(CC1)OCCC[C@H]2O. The van der Waals surface area contributed by atoms with Gasteiger partial charge in [0.05, 0.1) is 17.3 Å². The summed E-state index contributed by atoms with van der Waals surface area (Å²) in [5, 5.41) is 10.4. The first-order chi connectivity index (χ1) is 12.2. The second kappa shape index (κ2) is 6.96. The number of carbonyl (C=O) groups excluding carboxylic acids is 1. The third-order valence-electron chi connectivity index (χ3n) is 6.10. The molecule has 0 unspecified atom stereocenters. The Morgan fingerprint density at radius 1 is 1.08 bits per heavy atom. The number of piperidine rings is 1. The highest BCUT2D eigenvalue weighted by Gasteiger charge is 2.44. The van der Waals surface area contributed by atoms with Gasteiger partial charge in [-0.2, -0.15) is 0 Å². The van der Waals surface area contributed by atoms with Crippen molar-refractivity contribution in [3.05, 3.63) is 29.8 Å². The molecule has 0 aromatic heterocycles. The van der Waals surface area contributed by atoms with Gasteiger partial charge in [-0.25, -0.2) is 0 Å². The maximum absolute atomic E-state index is 13.1. The predicted molar refractivity (Wildman–Crippen MR) is 97.0 cm³/mol. The van der Waals surface area contributed by atoms with Gasteiger partial charge in [0, 0.05) is 38.5 Å². The second-order valence-electron chi connectivity index (χ2n) is 7.57. The maximum Gasteiger partial charge on any atom is 0.255 e. The molecule has 3 heterocycles. The summed E-state index contributed by atoms with van der Waals surface area (Å²) in [4.78, 5) is 17.4. The molecule has 25 heavy (non-hydrogen) atoms. The maximum atomic E-state index is 13.1. The fourth-order valence-corrected chi connectivity index (χ4v) is 4.54. The Balaban J connectivity index is 1.48. The summed E-state index contributed by atoms with van der Waals surface area (Å²) < 4.78 is 5.96. The Morgan fingerprint density at radius 3 is 2.52 bits per heavy atom. The summed E-state index contributed by atoms with van der Waals surface area (Å²) >= 11 is 0. The monoisotopic (exact) mass is 344 g/mol. The third-order valence-corrected chi connectivity index (χ3v) is 6.10. The van der Waals surface area contributed by atoms with Crippen molar-refractivity contribution in [1.29, 1.82) is 0 Å². The van der Waals surface area contributed by atoms with E-state index in [9.17, 15) is 9.90 Å². The number of nitrogens with zero attached hydrogens (tertiary/aromatic N) is 2. The summed E-state index contributed by atoms with van der Waals surface area (Å²) in [6.07, 6.45) is 5.20. The number of carbonyl (C=O) groups is 1. The number of aliphatic hydroxyl groups is 1. The Hall–Kier alpha value is -1.59. The van der Waals surface area contributed by atoms with Crippen molar-refractivity contribution in [2.75, 3.05) is 37.7 Å². The van der Waals surface area contributed by atoms with Crippen molar-refractivity contribution < 1.29 is 14.6 Å². The number of benzene rings is 1. The average molecular weight is 344 g/mol. The minimum atomic E-state index is -0.427. The van der Waals surface area contributed by atoms with Gasteiger partial charge in [-0.3, -0.25) is 4.79 Å². The summed E-state index contributed by atoms with van der Waals surface area (Å²) in [5.41, 5.74) is 1.45. The van der Waals surface area contributed by atoms with Crippen molar-refractivity contribution in [2.45, 2.75) is 50.2 Å². The molecule has 136 valence electrons. The fourth-order valence-electron chi connectivity index (χ4n) is 4.54. The van der Waals surface area contributed by atoms with E-state index in [0.717, 1.165) is 56.6 Å². The first-order valence-electron chi connectivity index (χ1n) is 9.65. The molecule has 1 atom stereocenters. The van der Waals surface area contributed by atoms with Gasteiger partial charge in [0.1, 0.15) is 0 Å². The summed E-state index contributed by atoms with van der Waals surface area (Å²) in [6, 6.07) is 7.98. The standard InChI is InChI=1S/C20H28N2O3/c23-18-8-5-15-25-20(18)9-13-22(14-10-20)19(24)16-6-1-2-7-17(16)21-11-3-4-12-21/h1-2,6-7,18,23H,3-5,8-15H2/t18-/m1/s1. The smallest absolute Gasteiger partial charge is 0.255 e. The quantitative estimate of drug-likeness (QED) is 0.895. The molecule has 1 spiro atoms. The number of aliphatic hydroxyl groups excluding tert-OH is 1. The van der Waals surface area contributed by atoms with Gasteiger partial charge in [-0.1, -0.05) is 12.1 Å². The van der Waals surface area contributed by atoms with Crippen LogP contribution in [0.5, 0.6) is 0 Å². The molecule has 3 aliphatic heterocycles. The minimum absolute atomic E-state index is 0.114. The van der Waals surface area contributed by atoms with E-state index in [1.54, 1.807) is 0 Å². The number of anilines is 1.